The van der Waals surface area contributed by atoms with E-state index in [4.69, 9.17) is 5.11 Å². The Kier molecular flexibility index (Phi) is 4.35. The molecule has 3 atom stereocenters. The van der Waals surface area contributed by atoms with Crippen LogP contribution in [0.5, 0.6) is 0 Å². The van der Waals surface area contributed by atoms with Crippen molar-refractivity contribution in [3.8, 4) is 0 Å². The highest BCUT2D eigenvalue weighted by molar-refractivity contribution is 5.82. The van der Waals surface area contributed by atoms with Gasteiger partial charge in [0.1, 0.15) is 0 Å². The summed E-state index contributed by atoms with van der Waals surface area (Å²) in [5, 5.41) is 14.8. The third-order valence-electron chi connectivity index (χ3n) is 2.71. The molecule has 3 N–H and O–H groups in total. The largest absolute Gasteiger partial charge is 0.394 e. The highest BCUT2D eigenvalue weighted by atomic mass is 16.3. The predicted molar refractivity (Wildman–Crippen MR) is 54.9 cm³/mol. The van der Waals surface area contributed by atoms with E-state index in [0.29, 0.717) is 5.92 Å². The van der Waals surface area contributed by atoms with Gasteiger partial charge in [-0.15, -0.1) is 0 Å². The summed E-state index contributed by atoms with van der Waals surface area (Å²) in [7, 11) is 0. The fourth-order valence-electron chi connectivity index (χ4n) is 1.78. The van der Waals surface area contributed by atoms with Gasteiger partial charge in [0.15, 0.2) is 0 Å². The maximum Gasteiger partial charge on any atom is 0.237 e. The maximum atomic E-state index is 11.7. The molecule has 1 aliphatic heterocycles. The molecule has 0 aromatic carbocycles. The lowest BCUT2D eigenvalue weighted by molar-refractivity contribution is -0.125. The van der Waals surface area contributed by atoms with Gasteiger partial charge in [-0.2, -0.15) is 0 Å². The minimum atomic E-state index is -0.154. The highest BCUT2D eigenvalue weighted by Crippen LogP contribution is 2.15. The predicted octanol–water partition coefficient (Wildman–Crippen LogP) is -0.128. The highest BCUT2D eigenvalue weighted by Gasteiger charge is 2.27. The van der Waals surface area contributed by atoms with Gasteiger partial charge in [0.05, 0.1) is 12.6 Å². The van der Waals surface area contributed by atoms with E-state index >= 15 is 0 Å². The van der Waals surface area contributed by atoms with Crippen LogP contribution in [0.25, 0.3) is 0 Å². The molecule has 1 aliphatic rings. The first-order valence-electron chi connectivity index (χ1n) is 5.29. The Bertz CT molecular complexity index is 197. The number of hydrogen-bond acceptors (Lipinski definition) is 3. The SMILES string of the molecule is CC1CCCNC1C(=O)N[C@H](C)CO. The van der Waals surface area contributed by atoms with Crippen LogP contribution in [-0.2, 0) is 4.79 Å². The summed E-state index contributed by atoms with van der Waals surface area (Å²) < 4.78 is 0. The molecule has 4 nitrogen and oxygen atoms in total. The summed E-state index contributed by atoms with van der Waals surface area (Å²) in [4.78, 5) is 11.7. The minimum Gasteiger partial charge on any atom is -0.394 e. The van der Waals surface area contributed by atoms with Crippen molar-refractivity contribution in [3.05, 3.63) is 0 Å². The summed E-state index contributed by atoms with van der Waals surface area (Å²) in [5.74, 6) is 0.397. The zero-order chi connectivity index (χ0) is 10.6. The van der Waals surface area contributed by atoms with Crippen LogP contribution < -0.4 is 10.6 Å². The fraction of sp³-hybridized carbons (Fsp3) is 0.900. The first-order valence-corrected chi connectivity index (χ1v) is 5.29. The first-order chi connectivity index (χ1) is 6.65. The van der Waals surface area contributed by atoms with Crippen LogP contribution in [0.1, 0.15) is 26.7 Å². The van der Waals surface area contributed by atoms with E-state index in [1.807, 2.05) is 0 Å². The molecule has 0 aromatic heterocycles. The van der Waals surface area contributed by atoms with Gasteiger partial charge in [-0.25, -0.2) is 0 Å². The molecule has 0 aliphatic carbocycles. The van der Waals surface area contributed by atoms with Crippen molar-refractivity contribution in [1.82, 2.24) is 10.6 Å². The molecule has 4 heteroatoms. The van der Waals surface area contributed by atoms with Gasteiger partial charge in [0.25, 0.3) is 0 Å². The monoisotopic (exact) mass is 200 g/mol. The number of nitrogens with one attached hydrogen (secondary N) is 2. The second-order valence-electron chi connectivity index (χ2n) is 4.14. The summed E-state index contributed by atoms with van der Waals surface area (Å²) >= 11 is 0. The van der Waals surface area contributed by atoms with Gasteiger partial charge in [-0.3, -0.25) is 4.79 Å². The summed E-state index contributed by atoms with van der Waals surface area (Å²) in [6, 6.07) is -0.240. The van der Waals surface area contributed by atoms with Gasteiger partial charge in [-0.1, -0.05) is 6.92 Å². The van der Waals surface area contributed by atoms with E-state index in [1.54, 1.807) is 6.92 Å². The molecule has 0 saturated carbocycles. The first kappa shape index (κ1) is 11.5. The lowest BCUT2D eigenvalue weighted by atomic mass is 9.92. The fourth-order valence-corrected chi connectivity index (χ4v) is 1.78. The van der Waals surface area contributed by atoms with E-state index in [9.17, 15) is 4.79 Å². The van der Waals surface area contributed by atoms with Crippen molar-refractivity contribution in [2.24, 2.45) is 5.92 Å². The number of carbonyl (C=O) groups is 1. The van der Waals surface area contributed by atoms with Crippen LogP contribution in [0.15, 0.2) is 0 Å². The Balaban J connectivity index is 2.42. The van der Waals surface area contributed by atoms with Crippen LogP contribution in [0, 0.1) is 5.92 Å². The Morgan fingerprint density at radius 3 is 3.00 bits per heavy atom. The van der Waals surface area contributed by atoms with E-state index in [0.717, 1.165) is 19.4 Å². The molecule has 0 bridgehead atoms. The molecule has 82 valence electrons. The topological polar surface area (TPSA) is 61.4 Å². The van der Waals surface area contributed by atoms with Gasteiger partial charge in [-0.05, 0) is 32.2 Å². The van der Waals surface area contributed by atoms with Crippen molar-refractivity contribution in [3.63, 3.8) is 0 Å². The van der Waals surface area contributed by atoms with Gasteiger partial charge < -0.3 is 15.7 Å². The quantitative estimate of drug-likeness (QED) is 0.595. The normalized spacial score (nSPS) is 29.6. The molecule has 0 spiro atoms. The maximum absolute atomic E-state index is 11.7. The van der Waals surface area contributed by atoms with Crippen LogP contribution in [0.3, 0.4) is 0 Å². The second-order valence-corrected chi connectivity index (χ2v) is 4.14. The smallest absolute Gasteiger partial charge is 0.237 e. The zero-order valence-electron chi connectivity index (χ0n) is 8.92. The minimum absolute atomic E-state index is 0.00710. The lowest BCUT2D eigenvalue weighted by Gasteiger charge is -2.29. The molecular weight excluding hydrogens is 180 g/mol. The molecule has 1 saturated heterocycles. The summed E-state index contributed by atoms with van der Waals surface area (Å²) in [5.41, 5.74) is 0. The number of aliphatic hydroxyl groups excluding tert-OH is 1. The number of piperidine rings is 1. The zero-order valence-corrected chi connectivity index (χ0v) is 8.92. The second kappa shape index (κ2) is 5.32. The van der Waals surface area contributed by atoms with E-state index in [2.05, 4.69) is 17.6 Å². The van der Waals surface area contributed by atoms with Gasteiger partial charge in [0, 0.05) is 6.04 Å². The van der Waals surface area contributed by atoms with E-state index in [-0.39, 0.29) is 24.6 Å². The average Bonchev–Trinajstić information content (AvgIpc) is 2.18. The van der Waals surface area contributed by atoms with Crippen LogP contribution in [0.4, 0.5) is 0 Å². The number of hydrogen-bond donors (Lipinski definition) is 3. The molecule has 1 heterocycles. The average molecular weight is 200 g/mol. The number of amides is 1. The number of rotatable bonds is 3. The van der Waals surface area contributed by atoms with E-state index < -0.39 is 0 Å². The van der Waals surface area contributed by atoms with E-state index in [1.165, 1.54) is 0 Å². The molecule has 1 amide bonds. The van der Waals surface area contributed by atoms with Crippen molar-refractivity contribution in [1.29, 1.82) is 0 Å². The summed E-state index contributed by atoms with van der Waals surface area (Å²) in [6.07, 6.45) is 2.24. The Hall–Kier alpha value is -0.610. The van der Waals surface area contributed by atoms with Gasteiger partial charge in [0.2, 0.25) is 5.91 Å². The van der Waals surface area contributed by atoms with Crippen molar-refractivity contribution in [2.45, 2.75) is 38.8 Å². The molecule has 0 radical (unpaired) electrons. The lowest BCUT2D eigenvalue weighted by Crippen LogP contribution is -2.53. The molecule has 1 rings (SSSR count). The molecule has 1 fully saturated rings. The molecule has 14 heavy (non-hydrogen) atoms. The van der Waals surface area contributed by atoms with Crippen LogP contribution in [-0.4, -0.2) is 36.2 Å². The van der Waals surface area contributed by atoms with Crippen molar-refractivity contribution < 1.29 is 9.90 Å². The number of aliphatic hydroxyl groups is 1. The standard InChI is InChI=1S/C10H20N2O2/c1-7-4-3-5-11-9(7)10(14)12-8(2)6-13/h7-9,11,13H,3-6H2,1-2H3,(H,12,14)/t7?,8-,9?/m1/s1. The van der Waals surface area contributed by atoms with Crippen molar-refractivity contribution >= 4 is 5.91 Å². The Morgan fingerprint density at radius 2 is 2.43 bits per heavy atom. The third kappa shape index (κ3) is 2.96. The third-order valence-corrected chi connectivity index (χ3v) is 2.71. The van der Waals surface area contributed by atoms with Crippen LogP contribution in [0.2, 0.25) is 0 Å². The molecule has 0 aromatic rings. The molecular formula is C10H20N2O2. The van der Waals surface area contributed by atoms with Crippen molar-refractivity contribution in [2.75, 3.05) is 13.2 Å². The Morgan fingerprint density at radius 1 is 1.71 bits per heavy atom. The van der Waals surface area contributed by atoms with Crippen LogP contribution >= 0.6 is 0 Å². The Labute approximate surface area is 85.1 Å². The number of carbonyl (C=O) groups excluding carboxylic acids is 1. The van der Waals surface area contributed by atoms with Gasteiger partial charge >= 0.3 is 0 Å². The summed E-state index contributed by atoms with van der Waals surface area (Å²) in [6.45, 7) is 4.79. The molecule has 2 unspecified atom stereocenters.